The van der Waals surface area contributed by atoms with E-state index >= 15 is 0 Å². The molecule has 6 nitrogen and oxygen atoms in total. The molecule has 1 fully saturated rings. The van der Waals surface area contributed by atoms with Gasteiger partial charge in [0, 0.05) is 36.2 Å². The number of aliphatic imine (C=N–C) groups is 1. The monoisotopic (exact) mass is 565 g/mol. The third kappa shape index (κ3) is 7.74. The van der Waals surface area contributed by atoms with Crippen molar-refractivity contribution in [2.24, 2.45) is 4.99 Å². The van der Waals surface area contributed by atoms with Crippen LogP contribution in [-0.4, -0.2) is 43.2 Å². The molecular formula is C21H30F2IN5OS. The van der Waals surface area contributed by atoms with E-state index in [0.29, 0.717) is 6.54 Å². The highest BCUT2D eigenvalue weighted by atomic mass is 127. The van der Waals surface area contributed by atoms with Crippen molar-refractivity contribution in [3.8, 4) is 5.75 Å². The molecule has 0 amide bonds. The van der Waals surface area contributed by atoms with Crippen LogP contribution in [0.5, 0.6) is 5.75 Å². The zero-order valence-corrected chi connectivity index (χ0v) is 21.2. The van der Waals surface area contributed by atoms with E-state index in [2.05, 4.69) is 32.2 Å². The van der Waals surface area contributed by atoms with Gasteiger partial charge >= 0.3 is 6.61 Å². The van der Waals surface area contributed by atoms with Crippen molar-refractivity contribution in [3.05, 3.63) is 39.8 Å². The van der Waals surface area contributed by atoms with Gasteiger partial charge in [0.15, 0.2) is 5.96 Å². The molecule has 0 aliphatic carbocycles. The van der Waals surface area contributed by atoms with Crippen molar-refractivity contribution in [3.63, 3.8) is 0 Å². The van der Waals surface area contributed by atoms with E-state index in [1.807, 2.05) is 26.0 Å². The summed E-state index contributed by atoms with van der Waals surface area (Å²) in [5.74, 6) is 0.963. The van der Waals surface area contributed by atoms with Crippen LogP contribution in [0.1, 0.15) is 35.3 Å². The number of thiazole rings is 1. The number of rotatable bonds is 7. The van der Waals surface area contributed by atoms with Gasteiger partial charge in [0.25, 0.3) is 0 Å². The number of guanidine groups is 1. The Morgan fingerprint density at radius 2 is 2.06 bits per heavy atom. The summed E-state index contributed by atoms with van der Waals surface area (Å²) in [5, 5.41) is 7.86. The molecule has 1 aliphatic rings. The maximum absolute atomic E-state index is 12.3. The third-order valence-electron chi connectivity index (χ3n) is 4.98. The molecule has 1 atom stereocenters. The Morgan fingerprint density at radius 1 is 1.32 bits per heavy atom. The average molecular weight is 565 g/mol. The Balaban J connectivity index is 0.00000341. The van der Waals surface area contributed by atoms with Gasteiger partial charge in [-0.3, -0.25) is 0 Å². The van der Waals surface area contributed by atoms with Crippen molar-refractivity contribution in [1.82, 2.24) is 15.6 Å². The van der Waals surface area contributed by atoms with Gasteiger partial charge < -0.3 is 20.3 Å². The summed E-state index contributed by atoms with van der Waals surface area (Å²) in [6.45, 7) is 6.41. The van der Waals surface area contributed by atoms with E-state index in [9.17, 15) is 8.78 Å². The van der Waals surface area contributed by atoms with Crippen LogP contribution in [0.2, 0.25) is 0 Å². The second kappa shape index (κ2) is 12.4. The first-order valence-electron chi connectivity index (χ1n) is 10.2. The largest absolute Gasteiger partial charge is 0.435 e. The van der Waals surface area contributed by atoms with Gasteiger partial charge in [0.05, 0.1) is 12.2 Å². The summed E-state index contributed by atoms with van der Waals surface area (Å²) in [7, 11) is 0. The highest BCUT2D eigenvalue weighted by molar-refractivity contribution is 14.0. The molecule has 10 heteroatoms. The first-order chi connectivity index (χ1) is 14.4. The summed E-state index contributed by atoms with van der Waals surface area (Å²) < 4.78 is 29.1. The van der Waals surface area contributed by atoms with Crippen LogP contribution in [0, 0.1) is 13.8 Å². The molecule has 1 saturated heterocycles. The number of piperidine rings is 1. The van der Waals surface area contributed by atoms with Gasteiger partial charge in [-0.25, -0.2) is 9.98 Å². The van der Waals surface area contributed by atoms with Crippen molar-refractivity contribution in [2.45, 2.75) is 52.8 Å². The number of nitrogens with zero attached hydrogens (tertiary/aromatic N) is 3. The lowest BCUT2D eigenvalue weighted by Gasteiger charge is -2.35. The standard InChI is InChI=1S/C21H29F2N5OS.HI/c1-4-24-21(25-12-19-26-14(2)15(3)30-19)27-16-6-5-11-28(13-16)17-7-9-18(10-8-17)29-20(22)23;/h7-10,16,20H,4-6,11-13H2,1-3H3,(H2,24,25,27);1H. The topological polar surface area (TPSA) is 61.8 Å². The summed E-state index contributed by atoms with van der Waals surface area (Å²) in [4.78, 5) is 12.7. The second-order valence-electron chi connectivity index (χ2n) is 7.25. The molecule has 1 unspecified atom stereocenters. The van der Waals surface area contributed by atoms with Crippen LogP contribution in [-0.2, 0) is 6.54 Å². The maximum Gasteiger partial charge on any atom is 0.387 e. The van der Waals surface area contributed by atoms with Crippen molar-refractivity contribution in [2.75, 3.05) is 24.5 Å². The van der Waals surface area contributed by atoms with Crippen LogP contribution in [0.25, 0.3) is 0 Å². The number of hydrogen-bond donors (Lipinski definition) is 2. The summed E-state index contributed by atoms with van der Waals surface area (Å²) in [5.41, 5.74) is 2.06. The number of aromatic nitrogens is 1. The molecule has 0 bridgehead atoms. The zero-order valence-electron chi connectivity index (χ0n) is 18.0. The minimum atomic E-state index is -2.81. The number of anilines is 1. The first-order valence-corrected chi connectivity index (χ1v) is 11.0. The lowest BCUT2D eigenvalue weighted by Crippen LogP contribution is -2.51. The lowest BCUT2D eigenvalue weighted by molar-refractivity contribution is -0.0498. The predicted molar refractivity (Wildman–Crippen MR) is 133 cm³/mol. The van der Waals surface area contributed by atoms with Gasteiger partial charge in [-0.05, 0) is 57.9 Å². The summed E-state index contributed by atoms with van der Waals surface area (Å²) >= 11 is 1.68. The van der Waals surface area contributed by atoms with Gasteiger partial charge in [0.2, 0.25) is 0 Å². The Kier molecular flexibility index (Phi) is 10.2. The number of aryl methyl sites for hydroxylation is 2. The number of ether oxygens (including phenoxy) is 1. The second-order valence-corrected chi connectivity index (χ2v) is 8.53. The maximum atomic E-state index is 12.3. The highest BCUT2D eigenvalue weighted by Gasteiger charge is 2.21. The molecule has 2 N–H and O–H groups in total. The SMILES string of the molecule is CCNC(=NCc1nc(C)c(C)s1)NC1CCCN(c2ccc(OC(F)F)cc2)C1.I. The number of halogens is 3. The van der Waals surface area contributed by atoms with Gasteiger partial charge in [-0.1, -0.05) is 0 Å². The fourth-order valence-electron chi connectivity index (χ4n) is 3.43. The van der Waals surface area contributed by atoms with Crippen molar-refractivity contribution < 1.29 is 13.5 Å². The van der Waals surface area contributed by atoms with Crippen LogP contribution < -0.4 is 20.3 Å². The van der Waals surface area contributed by atoms with Crippen molar-refractivity contribution >= 4 is 47.0 Å². The number of benzene rings is 1. The van der Waals surface area contributed by atoms with E-state index in [1.54, 1.807) is 23.5 Å². The molecule has 1 aromatic heterocycles. The Labute approximate surface area is 203 Å². The van der Waals surface area contributed by atoms with Crippen LogP contribution in [0.4, 0.5) is 14.5 Å². The minimum Gasteiger partial charge on any atom is -0.435 e. The molecule has 1 aromatic carbocycles. The Morgan fingerprint density at radius 3 is 2.68 bits per heavy atom. The molecular weight excluding hydrogens is 535 g/mol. The molecule has 172 valence electrons. The van der Waals surface area contributed by atoms with Crippen molar-refractivity contribution in [1.29, 1.82) is 0 Å². The van der Waals surface area contributed by atoms with Crippen LogP contribution in [0.15, 0.2) is 29.3 Å². The number of alkyl halides is 2. The molecule has 1 aliphatic heterocycles. The summed E-state index contributed by atoms with van der Waals surface area (Å²) in [6.07, 6.45) is 2.08. The molecule has 31 heavy (non-hydrogen) atoms. The predicted octanol–water partition coefficient (Wildman–Crippen LogP) is 4.70. The lowest BCUT2D eigenvalue weighted by atomic mass is 10.0. The van der Waals surface area contributed by atoms with E-state index in [4.69, 9.17) is 4.99 Å². The fourth-order valence-corrected chi connectivity index (χ4v) is 4.29. The third-order valence-corrected chi connectivity index (χ3v) is 6.04. The van der Waals surface area contributed by atoms with E-state index in [1.165, 1.54) is 4.88 Å². The molecule has 2 aromatic rings. The minimum absolute atomic E-state index is 0. The molecule has 0 spiro atoms. The number of hydrogen-bond acceptors (Lipinski definition) is 5. The smallest absolute Gasteiger partial charge is 0.387 e. The van der Waals surface area contributed by atoms with Crippen LogP contribution >= 0.6 is 35.3 Å². The quantitative estimate of drug-likeness (QED) is 0.290. The Bertz CT molecular complexity index is 827. The molecule has 2 heterocycles. The summed E-state index contributed by atoms with van der Waals surface area (Å²) in [6, 6.07) is 7.07. The van der Waals surface area contributed by atoms with E-state index in [0.717, 1.165) is 54.8 Å². The van der Waals surface area contributed by atoms with Gasteiger partial charge in [-0.15, -0.1) is 35.3 Å². The highest BCUT2D eigenvalue weighted by Crippen LogP contribution is 2.24. The van der Waals surface area contributed by atoms with Gasteiger partial charge in [0.1, 0.15) is 10.8 Å². The fraction of sp³-hybridized carbons (Fsp3) is 0.524. The molecule has 0 saturated carbocycles. The zero-order chi connectivity index (χ0) is 21.5. The Hall–Kier alpha value is -1.69. The molecule has 3 rings (SSSR count). The van der Waals surface area contributed by atoms with E-state index < -0.39 is 6.61 Å². The van der Waals surface area contributed by atoms with Crippen LogP contribution in [0.3, 0.4) is 0 Å². The normalized spacial score (nSPS) is 16.8. The number of nitrogens with one attached hydrogen (secondary N) is 2. The molecule has 0 radical (unpaired) electrons. The van der Waals surface area contributed by atoms with E-state index in [-0.39, 0.29) is 35.8 Å². The average Bonchev–Trinajstić information content (AvgIpc) is 3.04. The first kappa shape index (κ1) is 25.6. The van der Waals surface area contributed by atoms with Gasteiger partial charge in [-0.2, -0.15) is 8.78 Å².